The largest absolute Gasteiger partial charge is 0.459 e. The molecule has 3 aliphatic carbocycles. The summed E-state index contributed by atoms with van der Waals surface area (Å²) in [4.78, 5) is 52.2. The molecule has 0 heterocycles. The number of aliphatic hydroxyl groups excluding tert-OH is 2. The Bertz CT molecular complexity index is 1240. The normalized spacial score (nSPS) is 41.3. The SMILES string of the molecule is C=C[C@]1(C)C[C@@H](O)[C@H]2[C@](O)(C1=O)[C@H](OC(C)=O)C[C@H]1C(C)(C)[C@H](O)[C@H](OC(C)=O)[C@H](OC(=O)c3ccccc3)[C@@]12C. The van der Waals surface area contributed by atoms with Gasteiger partial charge in [0.25, 0.3) is 0 Å². The van der Waals surface area contributed by atoms with Gasteiger partial charge in [0.05, 0.1) is 11.7 Å². The molecule has 3 fully saturated rings. The minimum Gasteiger partial charge on any atom is -0.459 e. The predicted octanol–water partition coefficient (Wildman–Crippen LogP) is 2.38. The van der Waals surface area contributed by atoms with Gasteiger partial charge in [-0.3, -0.25) is 14.4 Å². The van der Waals surface area contributed by atoms with Gasteiger partial charge in [0, 0.05) is 30.6 Å². The molecule has 41 heavy (non-hydrogen) atoms. The molecule has 3 aliphatic rings. The van der Waals surface area contributed by atoms with E-state index in [-0.39, 0.29) is 18.4 Å². The summed E-state index contributed by atoms with van der Waals surface area (Å²) >= 11 is 0. The van der Waals surface area contributed by atoms with E-state index in [1.54, 1.807) is 45.9 Å². The van der Waals surface area contributed by atoms with Gasteiger partial charge in [-0.25, -0.2) is 4.79 Å². The predicted molar refractivity (Wildman–Crippen MR) is 145 cm³/mol. The third kappa shape index (κ3) is 4.60. The second-order valence-corrected chi connectivity index (χ2v) is 12.8. The summed E-state index contributed by atoms with van der Waals surface area (Å²) in [6.45, 7) is 12.7. The molecule has 1 aromatic carbocycles. The van der Waals surface area contributed by atoms with Crippen LogP contribution >= 0.6 is 0 Å². The third-order valence-corrected chi connectivity index (χ3v) is 9.92. The second kappa shape index (κ2) is 10.3. The number of carbonyl (C=O) groups is 4. The van der Waals surface area contributed by atoms with Crippen molar-refractivity contribution >= 4 is 23.7 Å². The van der Waals surface area contributed by atoms with Gasteiger partial charge in [-0.2, -0.15) is 0 Å². The highest BCUT2D eigenvalue weighted by Gasteiger charge is 2.77. The first-order valence-corrected chi connectivity index (χ1v) is 13.8. The molecule has 0 spiro atoms. The molecule has 0 amide bonds. The molecule has 10 atom stereocenters. The number of ketones is 1. The van der Waals surface area contributed by atoms with Crippen molar-refractivity contribution in [2.24, 2.45) is 28.1 Å². The molecule has 0 aliphatic heterocycles. The molecule has 3 N–H and O–H groups in total. The fourth-order valence-electron chi connectivity index (χ4n) is 8.05. The number of fused-ring (bicyclic) bond motifs is 3. The summed E-state index contributed by atoms with van der Waals surface area (Å²) in [6, 6.07) is 8.08. The van der Waals surface area contributed by atoms with Crippen molar-refractivity contribution < 1.29 is 48.7 Å². The van der Waals surface area contributed by atoms with Gasteiger partial charge in [0.15, 0.2) is 17.5 Å². The fraction of sp³-hybridized carbons (Fsp3) is 0.613. The molecule has 0 saturated heterocycles. The Morgan fingerprint density at radius 2 is 1.56 bits per heavy atom. The van der Waals surface area contributed by atoms with Crippen LogP contribution in [0, 0.1) is 28.1 Å². The van der Waals surface area contributed by atoms with E-state index in [0.717, 1.165) is 13.8 Å². The summed E-state index contributed by atoms with van der Waals surface area (Å²) in [6.07, 6.45) is -5.78. The zero-order valence-corrected chi connectivity index (χ0v) is 24.3. The van der Waals surface area contributed by atoms with E-state index in [1.165, 1.54) is 18.2 Å². The molecular formula is C31H40O10. The topological polar surface area (TPSA) is 157 Å². The van der Waals surface area contributed by atoms with E-state index in [4.69, 9.17) is 14.2 Å². The monoisotopic (exact) mass is 572 g/mol. The third-order valence-electron chi connectivity index (χ3n) is 9.92. The summed E-state index contributed by atoms with van der Waals surface area (Å²) in [5.74, 6) is -5.00. The second-order valence-electron chi connectivity index (χ2n) is 12.8. The Kier molecular flexibility index (Phi) is 7.77. The standard InChI is InChI=1S/C31H40O10/c1-8-29(6)15-19(34)23-30(7)20(14-21(39-16(2)32)31(23,38)27(29)37)28(4,5)24(35)22(40-17(3)33)25(30)41-26(36)18-12-10-9-11-13-18/h8-13,19-25,34-35,38H,1,14-15H2,2-7H3/t19-,20+,21-,22+,23-,24-,25+,29-,30+,31+/m1/s1. The average Bonchev–Trinajstić information content (AvgIpc) is 2.89. The first-order valence-electron chi connectivity index (χ1n) is 13.8. The number of ether oxygens (including phenoxy) is 3. The van der Waals surface area contributed by atoms with Crippen molar-refractivity contribution in [2.45, 2.75) is 90.5 Å². The molecular weight excluding hydrogens is 532 g/mol. The van der Waals surface area contributed by atoms with Gasteiger partial charge in [-0.05, 0) is 43.2 Å². The van der Waals surface area contributed by atoms with Crippen molar-refractivity contribution in [1.82, 2.24) is 0 Å². The first kappa shape index (κ1) is 30.9. The Labute approximate surface area is 239 Å². The lowest BCUT2D eigenvalue weighted by atomic mass is 9.39. The number of esters is 3. The van der Waals surface area contributed by atoms with Crippen molar-refractivity contribution in [3.05, 3.63) is 48.6 Å². The summed E-state index contributed by atoms with van der Waals surface area (Å²) in [7, 11) is 0. The number of benzene rings is 1. The Hall–Kier alpha value is -3.08. The van der Waals surface area contributed by atoms with Crippen molar-refractivity contribution in [3.8, 4) is 0 Å². The van der Waals surface area contributed by atoms with Gasteiger partial charge in [0.2, 0.25) is 0 Å². The first-order chi connectivity index (χ1) is 19.0. The Morgan fingerprint density at radius 1 is 0.976 bits per heavy atom. The molecule has 10 heteroatoms. The van der Waals surface area contributed by atoms with Gasteiger partial charge < -0.3 is 29.5 Å². The van der Waals surface area contributed by atoms with Crippen LogP contribution in [0.15, 0.2) is 43.0 Å². The van der Waals surface area contributed by atoms with Gasteiger partial charge >= 0.3 is 17.9 Å². The van der Waals surface area contributed by atoms with Gasteiger partial charge in [-0.15, -0.1) is 6.58 Å². The number of rotatable bonds is 5. The summed E-state index contributed by atoms with van der Waals surface area (Å²) < 4.78 is 17.3. The van der Waals surface area contributed by atoms with Crippen molar-refractivity contribution in [2.75, 3.05) is 0 Å². The van der Waals surface area contributed by atoms with Crippen LogP contribution in [0.25, 0.3) is 0 Å². The molecule has 0 radical (unpaired) electrons. The smallest absolute Gasteiger partial charge is 0.338 e. The van der Waals surface area contributed by atoms with Crippen LogP contribution in [0.2, 0.25) is 0 Å². The molecule has 0 unspecified atom stereocenters. The van der Waals surface area contributed by atoms with E-state index in [2.05, 4.69) is 6.58 Å². The maximum Gasteiger partial charge on any atom is 0.338 e. The minimum absolute atomic E-state index is 0.106. The number of carbonyl (C=O) groups excluding carboxylic acids is 4. The van der Waals surface area contributed by atoms with E-state index >= 15 is 0 Å². The number of Topliss-reactive ketones (excluding diaryl/α,β-unsaturated/α-hetero) is 1. The van der Waals surface area contributed by atoms with Crippen LogP contribution in [0.3, 0.4) is 0 Å². The zero-order valence-electron chi connectivity index (χ0n) is 24.3. The van der Waals surface area contributed by atoms with Gasteiger partial charge in [0.1, 0.15) is 18.3 Å². The Balaban J connectivity index is 1.98. The molecule has 3 saturated carbocycles. The van der Waals surface area contributed by atoms with Crippen LogP contribution in [0.1, 0.15) is 64.7 Å². The van der Waals surface area contributed by atoms with E-state index in [1.807, 2.05) is 0 Å². The maximum absolute atomic E-state index is 14.2. The van der Waals surface area contributed by atoms with E-state index in [9.17, 15) is 34.5 Å². The van der Waals surface area contributed by atoms with Crippen LogP contribution in [-0.2, 0) is 28.6 Å². The highest BCUT2D eigenvalue weighted by atomic mass is 16.6. The fourth-order valence-corrected chi connectivity index (χ4v) is 8.05. The number of hydrogen-bond acceptors (Lipinski definition) is 10. The molecule has 10 nitrogen and oxygen atoms in total. The zero-order chi connectivity index (χ0) is 30.7. The van der Waals surface area contributed by atoms with Gasteiger partial charge in [-0.1, -0.05) is 45.0 Å². The van der Waals surface area contributed by atoms with Crippen LogP contribution < -0.4 is 0 Å². The molecule has 0 bridgehead atoms. The minimum atomic E-state index is -2.42. The van der Waals surface area contributed by atoms with E-state index in [0.29, 0.717) is 0 Å². The quantitative estimate of drug-likeness (QED) is 0.272. The lowest BCUT2D eigenvalue weighted by Crippen LogP contribution is -2.80. The lowest BCUT2D eigenvalue weighted by molar-refractivity contribution is -0.313. The molecule has 1 aromatic rings. The average molecular weight is 573 g/mol. The highest BCUT2D eigenvalue weighted by molar-refractivity contribution is 5.96. The van der Waals surface area contributed by atoms with Crippen molar-refractivity contribution in [3.63, 3.8) is 0 Å². The van der Waals surface area contributed by atoms with E-state index < -0.39 is 87.9 Å². The Morgan fingerprint density at radius 3 is 2.10 bits per heavy atom. The maximum atomic E-state index is 14.2. The number of allylic oxidation sites excluding steroid dienone is 1. The summed E-state index contributed by atoms with van der Waals surface area (Å²) in [5.41, 5.74) is -6.14. The highest BCUT2D eigenvalue weighted by Crippen LogP contribution is 2.67. The molecule has 4 rings (SSSR count). The molecule has 224 valence electrons. The number of hydrogen-bond donors (Lipinski definition) is 3. The summed E-state index contributed by atoms with van der Waals surface area (Å²) in [5, 5.41) is 35.8. The van der Waals surface area contributed by atoms with Crippen LogP contribution in [0.4, 0.5) is 0 Å². The lowest BCUT2D eigenvalue weighted by Gasteiger charge is -2.68. The molecule has 0 aromatic heterocycles. The van der Waals surface area contributed by atoms with Crippen LogP contribution in [0.5, 0.6) is 0 Å². The van der Waals surface area contributed by atoms with Crippen LogP contribution in [-0.4, -0.2) is 75.1 Å². The number of aliphatic hydroxyl groups is 3. The van der Waals surface area contributed by atoms with Crippen molar-refractivity contribution in [1.29, 1.82) is 0 Å².